The van der Waals surface area contributed by atoms with Gasteiger partial charge in [-0.25, -0.2) is 8.42 Å². The minimum atomic E-state index is -3.68. The minimum absolute atomic E-state index is 0.00727. The molecule has 5 nitrogen and oxygen atoms in total. The second kappa shape index (κ2) is 5.71. The fraction of sp³-hybridized carbons (Fsp3) is 0.462. The standard InChI is InChI=1S/C13H15ClO5S/c1-19-13(16)9-6-8(7-11(9)15)20(17,18)12-5-3-2-4-10(12)14/h2-5,8-9,11,15H,6-7H2,1H3/t8-,9-,11-/m0/s1. The average molecular weight is 319 g/mol. The number of esters is 1. The summed E-state index contributed by atoms with van der Waals surface area (Å²) < 4.78 is 29.6. The molecule has 7 heteroatoms. The number of ether oxygens (including phenoxy) is 1. The van der Waals surface area contributed by atoms with Gasteiger partial charge in [0.05, 0.1) is 34.3 Å². The topological polar surface area (TPSA) is 80.7 Å². The van der Waals surface area contributed by atoms with Crippen molar-refractivity contribution in [2.75, 3.05) is 7.11 Å². The first-order valence-electron chi connectivity index (χ1n) is 6.12. The van der Waals surface area contributed by atoms with Crippen LogP contribution < -0.4 is 0 Å². The van der Waals surface area contributed by atoms with Crippen LogP contribution in [0.4, 0.5) is 0 Å². The number of halogens is 1. The second-order valence-electron chi connectivity index (χ2n) is 4.77. The van der Waals surface area contributed by atoms with Crippen LogP contribution in [0.3, 0.4) is 0 Å². The number of benzene rings is 1. The van der Waals surface area contributed by atoms with Crippen molar-refractivity contribution in [1.82, 2.24) is 0 Å². The molecule has 110 valence electrons. The molecule has 1 fully saturated rings. The van der Waals surface area contributed by atoms with Crippen molar-refractivity contribution < 1.29 is 23.1 Å². The van der Waals surface area contributed by atoms with Gasteiger partial charge in [-0.3, -0.25) is 4.79 Å². The van der Waals surface area contributed by atoms with E-state index in [1.807, 2.05) is 0 Å². The van der Waals surface area contributed by atoms with E-state index < -0.39 is 33.1 Å². The zero-order valence-electron chi connectivity index (χ0n) is 10.8. The zero-order chi connectivity index (χ0) is 14.9. The minimum Gasteiger partial charge on any atom is -0.469 e. The number of carbonyl (C=O) groups is 1. The third-order valence-electron chi connectivity index (χ3n) is 3.57. The normalized spacial score (nSPS) is 26.4. The number of aliphatic hydroxyl groups is 1. The summed E-state index contributed by atoms with van der Waals surface area (Å²) in [5.41, 5.74) is 0. The largest absolute Gasteiger partial charge is 0.469 e. The maximum Gasteiger partial charge on any atom is 0.311 e. The van der Waals surface area contributed by atoms with Gasteiger partial charge in [-0.05, 0) is 25.0 Å². The highest BCUT2D eigenvalue weighted by molar-refractivity contribution is 7.92. The highest BCUT2D eigenvalue weighted by Crippen LogP contribution is 2.36. The van der Waals surface area contributed by atoms with Crippen molar-refractivity contribution in [2.24, 2.45) is 5.92 Å². The fourth-order valence-electron chi connectivity index (χ4n) is 2.48. The van der Waals surface area contributed by atoms with Crippen LogP contribution in [0.2, 0.25) is 5.02 Å². The van der Waals surface area contributed by atoms with E-state index in [0.29, 0.717) is 0 Å². The van der Waals surface area contributed by atoms with Crippen LogP contribution in [0.15, 0.2) is 29.2 Å². The van der Waals surface area contributed by atoms with E-state index in [4.69, 9.17) is 11.6 Å². The molecule has 1 aliphatic rings. The molecule has 1 N–H and O–H groups in total. The lowest BCUT2D eigenvalue weighted by atomic mass is 10.1. The maximum absolute atomic E-state index is 12.5. The lowest BCUT2D eigenvalue weighted by Gasteiger charge is -2.12. The van der Waals surface area contributed by atoms with Crippen LogP contribution in [0.5, 0.6) is 0 Å². The molecule has 0 bridgehead atoms. The molecule has 0 unspecified atom stereocenters. The Labute approximate surface area is 122 Å². The monoisotopic (exact) mass is 318 g/mol. The lowest BCUT2D eigenvalue weighted by Crippen LogP contribution is -2.23. The molecular formula is C13H15ClO5S. The molecule has 0 aliphatic heterocycles. The van der Waals surface area contributed by atoms with Crippen LogP contribution in [0.25, 0.3) is 0 Å². The maximum atomic E-state index is 12.5. The summed E-state index contributed by atoms with van der Waals surface area (Å²) in [6.07, 6.45) is -0.959. The Morgan fingerprint density at radius 2 is 2.00 bits per heavy atom. The molecule has 1 saturated carbocycles. The fourth-order valence-corrected chi connectivity index (χ4v) is 4.82. The number of aliphatic hydroxyl groups excluding tert-OH is 1. The first kappa shape index (κ1) is 15.3. The van der Waals surface area contributed by atoms with Crippen LogP contribution in [-0.4, -0.2) is 38.0 Å². The third-order valence-corrected chi connectivity index (χ3v) is 6.24. The van der Waals surface area contributed by atoms with Gasteiger partial charge in [-0.2, -0.15) is 0 Å². The van der Waals surface area contributed by atoms with Gasteiger partial charge in [0.15, 0.2) is 9.84 Å². The summed E-state index contributed by atoms with van der Waals surface area (Å²) in [4.78, 5) is 11.5. The molecule has 0 aromatic heterocycles. The highest BCUT2D eigenvalue weighted by atomic mass is 35.5. The van der Waals surface area contributed by atoms with Gasteiger partial charge in [-0.1, -0.05) is 23.7 Å². The summed E-state index contributed by atoms with van der Waals surface area (Å²) in [6, 6.07) is 6.15. The number of methoxy groups -OCH3 is 1. The van der Waals surface area contributed by atoms with Gasteiger partial charge in [0.25, 0.3) is 0 Å². The Kier molecular flexibility index (Phi) is 4.36. The smallest absolute Gasteiger partial charge is 0.311 e. The van der Waals surface area contributed by atoms with Gasteiger partial charge in [-0.15, -0.1) is 0 Å². The second-order valence-corrected chi connectivity index (χ2v) is 7.37. The average Bonchev–Trinajstić information content (AvgIpc) is 2.81. The first-order valence-corrected chi connectivity index (χ1v) is 8.04. The number of hydrogen-bond acceptors (Lipinski definition) is 5. The van der Waals surface area contributed by atoms with Crippen molar-refractivity contribution in [3.8, 4) is 0 Å². The molecule has 0 spiro atoms. The molecule has 1 aromatic rings. The summed E-state index contributed by atoms with van der Waals surface area (Å²) >= 11 is 5.92. The molecule has 0 amide bonds. The SMILES string of the molecule is COC(=O)[C@H]1C[C@H](S(=O)(=O)c2ccccc2Cl)C[C@@H]1O. The molecule has 1 aliphatic carbocycles. The van der Waals surface area contributed by atoms with E-state index in [2.05, 4.69) is 4.74 Å². The Morgan fingerprint density at radius 3 is 2.60 bits per heavy atom. The van der Waals surface area contributed by atoms with Crippen LogP contribution in [0.1, 0.15) is 12.8 Å². The van der Waals surface area contributed by atoms with Crippen LogP contribution in [0, 0.1) is 5.92 Å². The molecule has 3 atom stereocenters. The molecule has 2 rings (SSSR count). The van der Waals surface area contributed by atoms with E-state index >= 15 is 0 Å². The van der Waals surface area contributed by atoms with Crippen LogP contribution in [-0.2, 0) is 19.4 Å². The summed E-state index contributed by atoms with van der Waals surface area (Å²) in [6.45, 7) is 0. The van der Waals surface area contributed by atoms with E-state index in [1.54, 1.807) is 12.1 Å². The molecule has 20 heavy (non-hydrogen) atoms. The Balaban J connectivity index is 2.29. The number of rotatable bonds is 3. The van der Waals surface area contributed by atoms with Crippen molar-refractivity contribution in [3.05, 3.63) is 29.3 Å². The summed E-state index contributed by atoms with van der Waals surface area (Å²) in [5, 5.41) is 9.15. The van der Waals surface area contributed by atoms with Crippen molar-refractivity contribution in [2.45, 2.75) is 29.1 Å². The summed E-state index contributed by atoms with van der Waals surface area (Å²) in [5.74, 6) is -1.39. The number of sulfone groups is 1. The van der Waals surface area contributed by atoms with Gasteiger partial charge in [0, 0.05) is 0 Å². The summed E-state index contributed by atoms with van der Waals surface area (Å²) in [7, 11) is -2.46. The van der Waals surface area contributed by atoms with Gasteiger partial charge in [0.1, 0.15) is 0 Å². The lowest BCUT2D eigenvalue weighted by molar-refractivity contribution is -0.148. The van der Waals surface area contributed by atoms with Gasteiger partial charge >= 0.3 is 5.97 Å². The predicted molar refractivity (Wildman–Crippen MR) is 73.2 cm³/mol. The Morgan fingerprint density at radius 1 is 1.35 bits per heavy atom. The van der Waals surface area contributed by atoms with Crippen molar-refractivity contribution in [3.63, 3.8) is 0 Å². The zero-order valence-corrected chi connectivity index (χ0v) is 12.4. The molecule has 0 radical (unpaired) electrons. The Bertz CT molecular complexity index is 613. The van der Waals surface area contributed by atoms with Gasteiger partial charge < -0.3 is 9.84 Å². The number of hydrogen-bond donors (Lipinski definition) is 1. The van der Waals surface area contributed by atoms with E-state index in [-0.39, 0.29) is 22.8 Å². The molecular weight excluding hydrogens is 304 g/mol. The predicted octanol–water partition coefficient (Wildman–Crippen LogP) is 1.43. The van der Waals surface area contributed by atoms with Gasteiger partial charge in [0.2, 0.25) is 0 Å². The van der Waals surface area contributed by atoms with E-state index in [9.17, 15) is 18.3 Å². The van der Waals surface area contributed by atoms with Crippen molar-refractivity contribution >= 4 is 27.4 Å². The highest BCUT2D eigenvalue weighted by Gasteiger charge is 2.44. The first-order chi connectivity index (χ1) is 9.37. The quantitative estimate of drug-likeness (QED) is 0.853. The Hall–Kier alpha value is -1.11. The number of carbonyl (C=O) groups excluding carboxylic acids is 1. The molecule has 0 heterocycles. The third kappa shape index (κ3) is 2.68. The van der Waals surface area contributed by atoms with Crippen molar-refractivity contribution in [1.29, 1.82) is 0 Å². The van der Waals surface area contributed by atoms with Crippen LogP contribution >= 0.6 is 11.6 Å². The van der Waals surface area contributed by atoms with E-state index in [0.717, 1.165) is 0 Å². The molecule has 1 aromatic carbocycles. The van der Waals surface area contributed by atoms with E-state index in [1.165, 1.54) is 19.2 Å². The molecule has 0 saturated heterocycles.